The van der Waals surface area contributed by atoms with E-state index in [0.717, 1.165) is 36.0 Å². The molecule has 2 heterocycles. The molecule has 5 amide bonds. The van der Waals surface area contributed by atoms with Crippen molar-refractivity contribution in [2.75, 3.05) is 32.6 Å². The molecule has 64 heavy (non-hydrogen) atoms. The quantitative estimate of drug-likeness (QED) is 0.147. The normalized spacial score (nSPS) is 19.7. The van der Waals surface area contributed by atoms with Crippen LogP contribution in [0.15, 0.2) is 60.7 Å². The van der Waals surface area contributed by atoms with Crippen molar-refractivity contribution in [3.8, 4) is 22.3 Å². The van der Waals surface area contributed by atoms with Gasteiger partial charge in [0.2, 0.25) is 17.7 Å². The van der Waals surface area contributed by atoms with Gasteiger partial charge in [-0.1, -0.05) is 89.1 Å². The van der Waals surface area contributed by atoms with Gasteiger partial charge >= 0.3 is 12.2 Å². The number of hydrogen-bond donors (Lipinski definition) is 3. The van der Waals surface area contributed by atoms with E-state index in [0.29, 0.717) is 50.9 Å². The Morgan fingerprint density at radius 1 is 0.656 bits per heavy atom. The van der Waals surface area contributed by atoms with Crippen LogP contribution in [0.25, 0.3) is 22.3 Å². The number of amides is 5. The lowest BCUT2D eigenvalue weighted by Gasteiger charge is -2.30. The number of nitrogens with zero attached hydrogens (tertiary/aromatic N) is 2. The van der Waals surface area contributed by atoms with Gasteiger partial charge in [-0.3, -0.25) is 19.2 Å². The van der Waals surface area contributed by atoms with Crippen LogP contribution in [0, 0.1) is 11.8 Å². The molecule has 0 bridgehead atoms. The van der Waals surface area contributed by atoms with Crippen molar-refractivity contribution in [1.29, 1.82) is 0 Å². The SMILES string of the molecule is COC(=O)N[C@H](C(=O)N1CCC[C@H]1C(=O)CCc1ccc(-c2ccc(-c3ccc(NC(=O)[C@@H]4CCCN4C(=O)[C@@H](NC(=O)OC)C(C)C)cc3)c3c2C2(CCCC2)CC3)cc1)C(C)C. The molecule has 0 aromatic heterocycles. The Hall–Kier alpha value is -5.72. The summed E-state index contributed by atoms with van der Waals surface area (Å²) in [7, 11) is 2.53. The smallest absolute Gasteiger partial charge is 0.407 e. The molecular formula is C51H65N5O8. The zero-order valence-corrected chi connectivity index (χ0v) is 38.3. The molecule has 3 aromatic rings. The van der Waals surface area contributed by atoms with Crippen molar-refractivity contribution in [2.24, 2.45) is 11.8 Å². The van der Waals surface area contributed by atoms with Gasteiger partial charge in [0.25, 0.3) is 0 Å². The number of alkyl carbamates (subject to hydrolysis) is 2. The number of nitrogens with one attached hydrogen (secondary N) is 3. The molecule has 4 atom stereocenters. The monoisotopic (exact) mass is 875 g/mol. The summed E-state index contributed by atoms with van der Waals surface area (Å²) < 4.78 is 9.49. The zero-order valence-electron chi connectivity index (χ0n) is 38.3. The van der Waals surface area contributed by atoms with Crippen LogP contribution in [-0.2, 0) is 46.9 Å². The molecule has 0 unspecified atom stereocenters. The highest BCUT2D eigenvalue weighted by atomic mass is 16.5. The van der Waals surface area contributed by atoms with E-state index < -0.39 is 36.4 Å². The summed E-state index contributed by atoms with van der Waals surface area (Å²) in [6, 6.07) is 18.4. The molecule has 7 rings (SSSR count). The maximum atomic E-state index is 13.6. The lowest BCUT2D eigenvalue weighted by Crippen LogP contribution is -2.54. The molecule has 3 fully saturated rings. The van der Waals surface area contributed by atoms with Gasteiger partial charge in [0.1, 0.15) is 18.1 Å². The Morgan fingerprint density at radius 3 is 1.73 bits per heavy atom. The molecule has 4 aliphatic rings. The number of rotatable bonds is 14. The first-order valence-corrected chi connectivity index (χ1v) is 23.2. The Balaban J connectivity index is 1.03. The Labute approximate surface area is 377 Å². The van der Waals surface area contributed by atoms with Gasteiger partial charge in [0.05, 0.1) is 20.3 Å². The lowest BCUT2D eigenvalue weighted by atomic mass is 9.76. The zero-order chi connectivity index (χ0) is 45.7. The van der Waals surface area contributed by atoms with Crippen molar-refractivity contribution >= 4 is 41.4 Å². The van der Waals surface area contributed by atoms with E-state index in [1.807, 2.05) is 39.8 Å². The van der Waals surface area contributed by atoms with E-state index in [-0.39, 0.29) is 40.8 Å². The summed E-state index contributed by atoms with van der Waals surface area (Å²) in [6.07, 6.45) is 9.10. The highest BCUT2D eigenvalue weighted by Gasteiger charge is 2.44. The van der Waals surface area contributed by atoms with Gasteiger partial charge in [-0.25, -0.2) is 9.59 Å². The summed E-state index contributed by atoms with van der Waals surface area (Å²) in [5.74, 6) is -1.07. The second-order valence-corrected chi connectivity index (χ2v) is 18.8. The minimum atomic E-state index is -0.795. The van der Waals surface area contributed by atoms with Crippen LogP contribution in [0.2, 0.25) is 0 Å². The highest BCUT2D eigenvalue weighted by molar-refractivity contribution is 5.99. The molecule has 1 saturated carbocycles. The summed E-state index contributed by atoms with van der Waals surface area (Å²) in [5, 5.41) is 8.34. The van der Waals surface area contributed by atoms with Crippen molar-refractivity contribution in [3.05, 3.63) is 77.4 Å². The average molecular weight is 876 g/mol. The van der Waals surface area contributed by atoms with Crippen LogP contribution < -0.4 is 16.0 Å². The largest absolute Gasteiger partial charge is 0.453 e. The summed E-state index contributed by atoms with van der Waals surface area (Å²) >= 11 is 0. The fourth-order valence-electron chi connectivity index (χ4n) is 10.7. The van der Waals surface area contributed by atoms with Gasteiger partial charge in [0, 0.05) is 25.2 Å². The third kappa shape index (κ3) is 9.68. The van der Waals surface area contributed by atoms with E-state index in [1.54, 1.807) is 9.80 Å². The third-order valence-corrected chi connectivity index (χ3v) is 14.2. The molecule has 3 N–H and O–H groups in total. The number of likely N-dealkylation sites (tertiary alicyclic amines) is 2. The van der Waals surface area contributed by atoms with Crippen LogP contribution >= 0.6 is 0 Å². The van der Waals surface area contributed by atoms with Gasteiger partial charge in [-0.05, 0) is 126 Å². The van der Waals surface area contributed by atoms with Gasteiger partial charge in [-0.2, -0.15) is 0 Å². The maximum Gasteiger partial charge on any atom is 0.407 e. The Kier molecular flexibility index (Phi) is 14.5. The molecule has 342 valence electrons. The number of ketones is 1. The van der Waals surface area contributed by atoms with Crippen molar-refractivity contribution < 1.29 is 38.2 Å². The first kappa shape index (κ1) is 46.3. The predicted molar refractivity (Wildman–Crippen MR) is 246 cm³/mol. The number of benzene rings is 3. The number of ether oxygens (including phenoxy) is 2. The third-order valence-electron chi connectivity index (χ3n) is 14.2. The minimum Gasteiger partial charge on any atom is -0.453 e. The number of anilines is 1. The van der Waals surface area contributed by atoms with Crippen LogP contribution in [-0.4, -0.2) is 97.0 Å². The molecule has 2 aliphatic heterocycles. The molecule has 13 heteroatoms. The average Bonchev–Trinajstić information content (AvgIpc) is 4.14. The molecule has 3 aromatic carbocycles. The first-order chi connectivity index (χ1) is 30.7. The van der Waals surface area contributed by atoms with Crippen molar-refractivity contribution in [3.63, 3.8) is 0 Å². The number of aryl methyl sites for hydroxylation is 1. The molecule has 2 aliphatic carbocycles. The fraction of sp³-hybridized carbons (Fsp3) is 0.529. The standard InChI is InChI=1S/C51H65N5O8/c1-31(2)44(53-49(61)63-5)47(59)55-29-9-11-40(55)42(57)24-15-33-13-16-35(17-14-33)38-23-22-37(39-25-28-51(43(38)39)26-7-8-27-51)34-18-20-36(21-19-34)52-46(58)41-12-10-30-56(41)48(60)45(32(3)4)54-50(62)64-6/h13-14,16-23,31-32,40-41,44-45H,7-12,15,24-30H2,1-6H3,(H,52,58)(H,53,61)(H,54,62)/t40-,41-,44-,45-/m0/s1. The van der Waals surface area contributed by atoms with E-state index in [1.165, 1.54) is 62.2 Å². The highest BCUT2D eigenvalue weighted by Crippen LogP contribution is 2.55. The molecule has 1 spiro atoms. The molecule has 2 saturated heterocycles. The summed E-state index contributed by atoms with van der Waals surface area (Å²) in [5.41, 5.74) is 9.45. The molecule has 0 radical (unpaired) electrons. The Morgan fingerprint density at radius 2 is 1.17 bits per heavy atom. The first-order valence-electron chi connectivity index (χ1n) is 23.2. The summed E-state index contributed by atoms with van der Waals surface area (Å²) in [4.78, 5) is 81.4. The lowest BCUT2D eigenvalue weighted by molar-refractivity contribution is -0.140. The number of fused-ring (bicyclic) bond motifs is 2. The minimum absolute atomic E-state index is 0.0427. The fourth-order valence-corrected chi connectivity index (χ4v) is 10.7. The van der Waals surface area contributed by atoms with Crippen LogP contribution in [0.5, 0.6) is 0 Å². The van der Waals surface area contributed by atoms with E-state index in [4.69, 9.17) is 9.47 Å². The second-order valence-electron chi connectivity index (χ2n) is 18.8. The van der Waals surface area contributed by atoms with Crippen LogP contribution in [0.3, 0.4) is 0 Å². The van der Waals surface area contributed by atoms with Crippen LogP contribution in [0.4, 0.5) is 15.3 Å². The second kappa shape index (κ2) is 20.0. The van der Waals surface area contributed by atoms with E-state index >= 15 is 0 Å². The predicted octanol–water partition coefficient (Wildman–Crippen LogP) is 7.96. The van der Waals surface area contributed by atoms with Gasteiger partial charge in [0.15, 0.2) is 5.78 Å². The molecular weight excluding hydrogens is 811 g/mol. The maximum absolute atomic E-state index is 13.6. The number of hydrogen-bond acceptors (Lipinski definition) is 8. The van der Waals surface area contributed by atoms with E-state index in [9.17, 15) is 28.8 Å². The number of Topliss-reactive ketones (excluding diaryl/α,β-unsaturated/α-hetero) is 1. The topological polar surface area (TPSA) is 163 Å². The number of carbonyl (C=O) groups excluding carboxylic acids is 6. The van der Waals surface area contributed by atoms with Crippen LogP contribution in [0.1, 0.15) is 109 Å². The van der Waals surface area contributed by atoms with Gasteiger partial charge < -0.3 is 35.2 Å². The Bertz CT molecular complexity index is 2210. The van der Waals surface area contributed by atoms with Crippen molar-refractivity contribution in [2.45, 2.75) is 134 Å². The van der Waals surface area contributed by atoms with Crippen molar-refractivity contribution in [1.82, 2.24) is 20.4 Å². The number of carbonyl (C=O) groups is 6. The number of methoxy groups -OCH3 is 2. The molecule has 13 nitrogen and oxygen atoms in total. The van der Waals surface area contributed by atoms with Gasteiger partial charge in [-0.15, -0.1) is 0 Å². The summed E-state index contributed by atoms with van der Waals surface area (Å²) in [6.45, 7) is 8.37. The van der Waals surface area contributed by atoms with E-state index in [2.05, 4.69) is 64.5 Å².